The van der Waals surface area contributed by atoms with Crippen LogP contribution in [0.1, 0.15) is 18.1 Å². The fraction of sp³-hybridized carbons (Fsp3) is 0.208. The number of nitrogens with zero attached hydrogens (tertiary/aromatic N) is 1. The molecule has 1 aliphatic rings. The Balaban J connectivity index is 1.62. The first-order valence-corrected chi connectivity index (χ1v) is 9.50. The van der Waals surface area contributed by atoms with E-state index in [-0.39, 0.29) is 0 Å². The average molecular weight is 371 g/mol. The van der Waals surface area contributed by atoms with Crippen LogP contribution in [-0.2, 0) is 6.54 Å². The molecule has 28 heavy (non-hydrogen) atoms. The maximum atomic E-state index is 6.03. The highest BCUT2D eigenvalue weighted by Crippen LogP contribution is 2.31. The number of anilines is 1. The third kappa shape index (κ3) is 3.64. The summed E-state index contributed by atoms with van der Waals surface area (Å²) in [7, 11) is 0. The molecule has 0 spiro atoms. The van der Waals surface area contributed by atoms with Gasteiger partial charge in [-0.25, -0.2) is 0 Å². The molecule has 0 radical (unpaired) electrons. The summed E-state index contributed by atoms with van der Waals surface area (Å²) in [4.78, 5) is 4.45. The van der Waals surface area contributed by atoms with E-state index in [1.54, 1.807) is 0 Å². The third-order valence-electron chi connectivity index (χ3n) is 5.12. The lowest BCUT2D eigenvalue weighted by Crippen LogP contribution is -2.10. The molecule has 0 saturated heterocycles. The smallest absolute Gasteiger partial charge is 0.130 e. The van der Waals surface area contributed by atoms with Gasteiger partial charge in [0.05, 0.1) is 12.3 Å². The van der Waals surface area contributed by atoms with Crippen molar-refractivity contribution in [1.82, 2.24) is 0 Å². The minimum Gasteiger partial charge on any atom is -0.487 e. The lowest BCUT2D eigenvalue weighted by Gasteiger charge is -2.13. The van der Waals surface area contributed by atoms with Crippen molar-refractivity contribution in [2.24, 2.45) is 10.7 Å². The van der Waals surface area contributed by atoms with Gasteiger partial charge in [0.25, 0.3) is 0 Å². The van der Waals surface area contributed by atoms with Crippen molar-refractivity contribution in [3.05, 3.63) is 71.3 Å². The Morgan fingerprint density at radius 1 is 1.00 bits per heavy atom. The Labute approximate surface area is 165 Å². The molecule has 0 atom stereocenters. The van der Waals surface area contributed by atoms with Crippen LogP contribution in [0, 0.1) is 6.92 Å². The van der Waals surface area contributed by atoms with Crippen molar-refractivity contribution >= 4 is 22.2 Å². The van der Waals surface area contributed by atoms with Gasteiger partial charge < -0.3 is 16.2 Å². The number of nitrogen functional groups attached to an aromatic ring is 1. The molecule has 142 valence electrons. The molecule has 3 aromatic rings. The Morgan fingerprint density at radius 3 is 2.54 bits per heavy atom. The fourth-order valence-corrected chi connectivity index (χ4v) is 3.67. The zero-order valence-corrected chi connectivity index (χ0v) is 16.3. The molecule has 4 nitrogen and oxygen atoms in total. The van der Waals surface area contributed by atoms with Crippen molar-refractivity contribution in [1.29, 1.82) is 0 Å². The van der Waals surface area contributed by atoms with Gasteiger partial charge in [-0.05, 0) is 77.7 Å². The molecule has 0 saturated carbocycles. The standard InChI is InChI=1S/C24H25N3O/c1-15-7-22(27-13-15)14-28-24-6-4-18(10-20(24)12-25)17-3-5-23-16(2)8-21(26)11-19(23)9-17/h3-11H,12-14,25-26H2,1-2H3. The lowest BCUT2D eigenvalue weighted by atomic mass is 9.97. The molecule has 0 aliphatic carbocycles. The summed E-state index contributed by atoms with van der Waals surface area (Å²) in [5.74, 6) is 0.813. The van der Waals surface area contributed by atoms with Gasteiger partial charge in [-0.1, -0.05) is 23.8 Å². The summed E-state index contributed by atoms with van der Waals surface area (Å²) < 4.78 is 5.98. The second-order valence-corrected chi connectivity index (χ2v) is 7.39. The Kier molecular flexibility index (Phi) is 4.88. The Hall–Kier alpha value is -3.11. The molecule has 4 rings (SSSR count). The predicted molar refractivity (Wildman–Crippen MR) is 118 cm³/mol. The highest BCUT2D eigenvalue weighted by molar-refractivity contribution is 5.98. The quantitative estimate of drug-likeness (QED) is 0.642. The van der Waals surface area contributed by atoms with E-state index in [9.17, 15) is 0 Å². The van der Waals surface area contributed by atoms with Crippen molar-refractivity contribution in [2.75, 3.05) is 18.9 Å². The summed E-state index contributed by atoms with van der Waals surface area (Å²) in [6.07, 6.45) is 2.08. The van der Waals surface area contributed by atoms with Crippen LogP contribution in [0.25, 0.3) is 21.9 Å². The number of benzene rings is 3. The predicted octanol–water partition coefficient (Wildman–Crippen LogP) is 4.64. The molecule has 0 amide bonds. The molecule has 0 unspecified atom stereocenters. The van der Waals surface area contributed by atoms with Gasteiger partial charge in [0, 0.05) is 17.8 Å². The van der Waals surface area contributed by atoms with Crippen molar-refractivity contribution in [3.63, 3.8) is 0 Å². The SMILES string of the molecule is CC1=CC(COc2ccc(-c3ccc4c(C)cc(N)cc4c3)cc2CN)=NC1. The number of aliphatic imine (C=N–C) groups is 1. The largest absolute Gasteiger partial charge is 0.487 e. The zero-order valence-electron chi connectivity index (χ0n) is 16.3. The lowest BCUT2D eigenvalue weighted by molar-refractivity contribution is 0.373. The molecule has 4 N–H and O–H groups in total. The van der Waals surface area contributed by atoms with Crippen LogP contribution in [0.5, 0.6) is 5.75 Å². The van der Waals surface area contributed by atoms with Crippen LogP contribution in [0.2, 0.25) is 0 Å². The van der Waals surface area contributed by atoms with Crippen LogP contribution in [0.3, 0.4) is 0 Å². The maximum Gasteiger partial charge on any atom is 0.130 e. The molecule has 1 aliphatic heterocycles. The van der Waals surface area contributed by atoms with Crippen molar-refractivity contribution in [3.8, 4) is 16.9 Å². The van der Waals surface area contributed by atoms with Gasteiger partial charge in [-0.3, -0.25) is 4.99 Å². The van der Waals surface area contributed by atoms with Gasteiger partial charge in [0.15, 0.2) is 0 Å². The first-order valence-electron chi connectivity index (χ1n) is 9.50. The van der Waals surface area contributed by atoms with Crippen LogP contribution in [-0.4, -0.2) is 18.9 Å². The van der Waals surface area contributed by atoms with E-state index in [0.717, 1.165) is 45.8 Å². The molecule has 4 heteroatoms. The highest BCUT2D eigenvalue weighted by atomic mass is 16.5. The first kappa shape index (κ1) is 18.3. The number of aryl methyl sites for hydroxylation is 1. The van der Waals surface area contributed by atoms with Crippen LogP contribution in [0.15, 0.2) is 65.2 Å². The molecular weight excluding hydrogens is 346 g/mol. The van der Waals surface area contributed by atoms with E-state index in [4.69, 9.17) is 16.2 Å². The highest BCUT2D eigenvalue weighted by Gasteiger charge is 2.10. The van der Waals surface area contributed by atoms with E-state index >= 15 is 0 Å². The summed E-state index contributed by atoms with van der Waals surface area (Å²) >= 11 is 0. The van der Waals surface area contributed by atoms with Crippen molar-refractivity contribution < 1.29 is 4.74 Å². The first-order chi connectivity index (χ1) is 13.5. The monoisotopic (exact) mass is 371 g/mol. The van der Waals surface area contributed by atoms with Gasteiger partial charge in [0.2, 0.25) is 0 Å². The summed E-state index contributed by atoms with van der Waals surface area (Å²) in [5, 5.41) is 2.36. The fourth-order valence-electron chi connectivity index (χ4n) is 3.67. The van der Waals surface area contributed by atoms with Gasteiger partial charge in [-0.15, -0.1) is 0 Å². The molecule has 1 heterocycles. The number of ether oxygens (including phenoxy) is 1. The van der Waals surface area contributed by atoms with Crippen LogP contribution < -0.4 is 16.2 Å². The summed E-state index contributed by atoms with van der Waals surface area (Å²) in [6, 6.07) is 16.7. The maximum absolute atomic E-state index is 6.03. The van der Waals surface area contributed by atoms with E-state index < -0.39 is 0 Å². The van der Waals surface area contributed by atoms with Gasteiger partial charge in [0.1, 0.15) is 12.4 Å². The van der Waals surface area contributed by atoms with Gasteiger partial charge in [-0.2, -0.15) is 0 Å². The van der Waals surface area contributed by atoms with E-state index in [1.165, 1.54) is 16.5 Å². The van der Waals surface area contributed by atoms with Crippen LogP contribution >= 0.6 is 0 Å². The van der Waals surface area contributed by atoms with Crippen molar-refractivity contribution in [2.45, 2.75) is 20.4 Å². The number of nitrogens with two attached hydrogens (primary N) is 2. The normalized spacial score (nSPS) is 13.5. The average Bonchev–Trinajstić information content (AvgIpc) is 3.10. The summed E-state index contributed by atoms with van der Waals surface area (Å²) in [5.41, 5.74) is 19.5. The molecule has 3 aromatic carbocycles. The van der Waals surface area contributed by atoms with E-state index in [1.807, 2.05) is 18.2 Å². The third-order valence-corrected chi connectivity index (χ3v) is 5.12. The second kappa shape index (κ2) is 7.49. The summed E-state index contributed by atoms with van der Waals surface area (Å²) in [6.45, 7) is 5.83. The second-order valence-electron chi connectivity index (χ2n) is 7.39. The number of fused-ring (bicyclic) bond motifs is 1. The minimum atomic E-state index is 0.421. The van der Waals surface area contributed by atoms with Gasteiger partial charge >= 0.3 is 0 Å². The number of hydrogen-bond acceptors (Lipinski definition) is 4. The Bertz CT molecular complexity index is 1110. The van der Waals surface area contributed by atoms with E-state index in [2.05, 4.69) is 55.2 Å². The topological polar surface area (TPSA) is 73.6 Å². The van der Waals surface area contributed by atoms with E-state index in [0.29, 0.717) is 13.2 Å². The molecular formula is C24H25N3O. The number of rotatable bonds is 5. The Morgan fingerprint density at radius 2 is 1.79 bits per heavy atom. The molecule has 0 fully saturated rings. The zero-order chi connectivity index (χ0) is 19.7. The minimum absolute atomic E-state index is 0.421. The molecule has 0 aromatic heterocycles. The molecule has 0 bridgehead atoms. The van der Waals surface area contributed by atoms with Crippen LogP contribution in [0.4, 0.5) is 5.69 Å². The number of hydrogen-bond donors (Lipinski definition) is 2.